The molecule has 0 spiro atoms. The third-order valence-electron chi connectivity index (χ3n) is 4.91. The molecule has 2 rings (SSSR count). The lowest BCUT2D eigenvalue weighted by atomic mass is 10.00. The zero-order chi connectivity index (χ0) is 24.2. The molecule has 0 radical (unpaired) electrons. The maximum absolute atomic E-state index is 11.5. The largest absolute Gasteiger partial charge is 0.508 e. The average Bonchev–Trinajstić information content (AvgIpc) is 2.78. The molecule has 0 aromatic heterocycles. The zero-order valence-electron chi connectivity index (χ0n) is 19.0. The number of aryl methyl sites for hydroxylation is 1. The summed E-state index contributed by atoms with van der Waals surface area (Å²) in [7, 11) is 0. The summed E-state index contributed by atoms with van der Waals surface area (Å²) >= 11 is 6.15. The lowest BCUT2D eigenvalue weighted by molar-refractivity contribution is 0.0696. The van der Waals surface area contributed by atoms with Crippen molar-refractivity contribution in [2.24, 2.45) is 0 Å². The van der Waals surface area contributed by atoms with Crippen molar-refractivity contribution in [1.82, 2.24) is 0 Å². The Hall–Kier alpha value is -3.42. The molecule has 0 aliphatic heterocycles. The number of aromatic hydroxyl groups is 1. The molecule has 0 bridgehead atoms. The highest BCUT2D eigenvalue weighted by molar-refractivity contribution is 6.31. The summed E-state index contributed by atoms with van der Waals surface area (Å²) in [5, 5.41) is 19.2. The van der Waals surface area contributed by atoms with Gasteiger partial charge in [0.2, 0.25) is 0 Å². The number of carbonyl (C=O) groups is 1. The smallest absolute Gasteiger partial charge is 0.335 e. The summed E-state index contributed by atoms with van der Waals surface area (Å²) in [4.78, 5) is 11.5. The van der Waals surface area contributed by atoms with Crippen molar-refractivity contribution in [3.8, 4) is 17.6 Å². The summed E-state index contributed by atoms with van der Waals surface area (Å²) in [6, 6.07) is 9.51. The summed E-state index contributed by atoms with van der Waals surface area (Å²) < 4.78 is 6.01. The lowest BCUT2D eigenvalue weighted by Crippen LogP contribution is -2.02. The van der Waals surface area contributed by atoms with Crippen LogP contribution >= 0.6 is 11.6 Å². The third-order valence-corrected chi connectivity index (χ3v) is 5.23. The first-order valence-electron chi connectivity index (χ1n) is 10.8. The molecule has 0 aliphatic carbocycles. The van der Waals surface area contributed by atoms with Crippen molar-refractivity contribution in [2.75, 3.05) is 6.61 Å². The van der Waals surface area contributed by atoms with Gasteiger partial charge in [-0.3, -0.25) is 0 Å². The summed E-state index contributed by atoms with van der Waals surface area (Å²) in [5.41, 5.74) is 3.54. The Bertz CT molecular complexity index is 1120. The van der Waals surface area contributed by atoms with Crippen LogP contribution in [0.1, 0.15) is 60.2 Å². The van der Waals surface area contributed by atoms with Crippen molar-refractivity contribution < 1.29 is 19.7 Å². The highest BCUT2D eigenvalue weighted by Gasteiger charge is 2.09. The Kier molecular flexibility index (Phi) is 10.3. The van der Waals surface area contributed by atoms with Crippen LogP contribution in [-0.2, 0) is 11.2 Å². The van der Waals surface area contributed by atoms with Gasteiger partial charge in [-0.25, -0.2) is 4.79 Å². The predicted octanol–water partition coefficient (Wildman–Crippen LogP) is 6.91. The van der Waals surface area contributed by atoms with Gasteiger partial charge in [0.05, 0.1) is 17.2 Å². The van der Waals surface area contributed by atoms with E-state index in [-0.39, 0.29) is 11.3 Å². The van der Waals surface area contributed by atoms with Crippen molar-refractivity contribution >= 4 is 17.6 Å². The van der Waals surface area contributed by atoms with Gasteiger partial charge < -0.3 is 14.9 Å². The number of hydrogen-bond donors (Lipinski definition) is 2. The molecule has 0 atom stereocenters. The number of carboxylic acid groups (broad SMARTS) is 1. The molecule has 2 aromatic carbocycles. The Morgan fingerprint density at radius 1 is 1.18 bits per heavy atom. The van der Waals surface area contributed by atoms with E-state index in [1.165, 1.54) is 17.7 Å². The van der Waals surface area contributed by atoms with Crippen LogP contribution in [0.2, 0.25) is 5.02 Å². The number of allylic oxidation sites excluding steroid dienone is 4. The summed E-state index contributed by atoms with van der Waals surface area (Å²) in [5.74, 6) is 6.03. The molecule has 33 heavy (non-hydrogen) atoms. The fourth-order valence-corrected chi connectivity index (χ4v) is 3.43. The number of halogens is 1. The van der Waals surface area contributed by atoms with Crippen LogP contribution in [0.4, 0.5) is 0 Å². The molecular weight excluding hydrogens is 436 g/mol. The van der Waals surface area contributed by atoms with E-state index < -0.39 is 5.97 Å². The minimum absolute atomic E-state index is 0.0718. The van der Waals surface area contributed by atoms with Gasteiger partial charge in [-0.1, -0.05) is 55.5 Å². The highest BCUT2D eigenvalue weighted by atomic mass is 35.5. The Morgan fingerprint density at radius 2 is 1.91 bits per heavy atom. The Balaban J connectivity index is 2.19. The molecule has 4 nitrogen and oxygen atoms in total. The number of phenols is 1. The predicted molar refractivity (Wildman–Crippen MR) is 134 cm³/mol. The normalized spacial score (nSPS) is 11.5. The van der Waals surface area contributed by atoms with E-state index in [1.54, 1.807) is 30.3 Å². The molecule has 0 heterocycles. The van der Waals surface area contributed by atoms with Crippen molar-refractivity contribution in [2.45, 2.75) is 39.5 Å². The topological polar surface area (TPSA) is 66.8 Å². The van der Waals surface area contributed by atoms with Crippen molar-refractivity contribution in [1.29, 1.82) is 0 Å². The van der Waals surface area contributed by atoms with E-state index in [4.69, 9.17) is 16.3 Å². The Labute approximate surface area is 200 Å². The van der Waals surface area contributed by atoms with Gasteiger partial charge in [0.1, 0.15) is 11.5 Å². The summed E-state index contributed by atoms with van der Waals surface area (Å²) in [6.45, 7) is 8.39. The van der Waals surface area contributed by atoms with Crippen molar-refractivity contribution in [3.05, 3.63) is 99.8 Å². The minimum atomic E-state index is -0.983. The van der Waals surface area contributed by atoms with Crippen LogP contribution in [0.15, 0.2) is 72.5 Å². The molecule has 2 aromatic rings. The zero-order valence-corrected chi connectivity index (χ0v) is 19.8. The van der Waals surface area contributed by atoms with Gasteiger partial charge in [0.25, 0.3) is 0 Å². The van der Waals surface area contributed by atoms with E-state index in [0.717, 1.165) is 29.7 Å². The number of aromatic carboxylic acids is 1. The molecular formula is C28H29ClO4. The number of hydrogen-bond acceptors (Lipinski definition) is 3. The first kappa shape index (κ1) is 25.8. The van der Waals surface area contributed by atoms with Crippen LogP contribution in [0.25, 0.3) is 0 Å². The van der Waals surface area contributed by atoms with Crippen LogP contribution < -0.4 is 0 Å². The van der Waals surface area contributed by atoms with E-state index in [2.05, 4.69) is 32.3 Å². The average molecular weight is 465 g/mol. The molecule has 0 fully saturated rings. The van der Waals surface area contributed by atoms with Gasteiger partial charge in [0.15, 0.2) is 0 Å². The monoisotopic (exact) mass is 464 g/mol. The van der Waals surface area contributed by atoms with Gasteiger partial charge in [-0.2, -0.15) is 0 Å². The minimum Gasteiger partial charge on any atom is -0.508 e. The molecule has 0 amide bonds. The van der Waals surface area contributed by atoms with Crippen LogP contribution in [0, 0.1) is 11.8 Å². The number of phenolic OH excluding ortho intramolecular Hbond substituents is 1. The van der Waals surface area contributed by atoms with E-state index in [1.807, 2.05) is 12.2 Å². The second-order valence-corrected chi connectivity index (χ2v) is 7.94. The van der Waals surface area contributed by atoms with Gasteiger partial charge in [-0.15, -0.1) is 0 Å². The molecule has 5 heteroatoms. The fourth-order valence-electron chi connectivity index (χ4n) is 3.21. The molecule has 0 saturated carbocycles. The first-order valence-corrected chi connectivity index (χ1v) is 11.2. The number of benzene rings is 2. The quantitative estimate of drug-likeness (QED) is 0.173. The SMILES string of the molecule is C=C/C=C\C(OCCCc1cc(C(=O)O)ccc1C#Cc1ccc(O)cc1Cl)=C(\C)CCC. The van der Waals surface area contributed by atoms with Gasteiger partial charge in [-0.05, 0) is 79.8 Å². The third kappa shape index (κ3) is 8.21. The lowest BCUT2D eigenvalue weighted by Gasteiger charge is -2.12. The second-order valence-electron chi connectivity index (χ2n) is 7.53. The van der Waals surface area contributed by atoms with Crippen LogP contribution in [0.5, 0.6) is 5.75 Å². The van der Waals surface area contributed by atoms with Gasteiger partial charge >= 0.3 is 5.97 Å². The van der Waals surface area contributed by atoms with Crippen LogP contribution in [0.3, 0.4) is 0 Å². The molecule has 0 aliphatic rings. The molecule has 0 unspecified atom stereocenters. The molecule has 2 N–H and O–H groups in total. The van der Waals surface area contributed by atoms with Gasteiger partial charge in [0, 0.05) is 11.1 Å². The number of carboxylic acids is 1. The van der Waals surface area contributed by atoms with E-state index in [9.17, 15) is 15.0 Å². The van der Waals surface area contributed by atoms with E-state index >= 15 is 0 Å². The maximum atomic E-state index is 11.5. The summed E-state index contributed by atoms with van der Waals surface area (Å²) in [6.07, 6.45) is 8.79. The fraction of sp³-hybridized carbons (Fsp3) is 0.250. The highest BCUT2D eigenvalue weighted by Crippen LogP contribution is 2.21. The van der Waals surface area contributed by atoms with Crippen LogP contribution in [-0.4, -0.2) is 22.8 Å². The first-order chi connectivity index (χ1) is 15.8. The maximum Gasteiger partial charge on any atom is 0.335 e. The Morgan fingerprint density at radius 3 is 2.58 bits per heavy atom. The molecule has 0 saturated heterocycles. The van der Waals surface area contributed by atoms with E-state index in [0.29, 0.717) is 30.0 Å². The standard InChI is InChI=1S/C28H29ClO4/c1-4-6-10-27(20(3)8-5-2)33-17-7-9-23-18-24(28(31)32)14-12-21(23)11-13-22-15-16-25(30)19-26(22)29/h4,6,10,12,14-16,18-19,30H,1,5,7-9,17H2,2-3H3,(H,31,32)/b10-6-,27-20+. The van der Waals surface area contributed by atoms with Crippen molar-refractivity contribution in [3.63, 3.8) is 0 Å². The molecule has 172 valence electrons. The number of rotatable bonds is 10. The second kappa shape index (κ2) is 13.2. The number of ether oxygens (including phenoxy) is 1.